The highest BCUT2D eigenvalue weighted by Crippen LogP contribution is 2.32. The Hall–Kier alpha value is -1.98. The van der Waals surface area contributed by atoms with Crippen LogP contribution in [0.4, 0.5) is 0 Å². The van der Waals surface area contributed by atoms with Crippen molar-refractivity contribution in [3.8, 4) is 5.75 Å². The van der Waals surface area contributed by atoms with Gasteiger partial charge in [0.2, 0.25) is 0 Å². The van der Waals surface area contributed by atoms with Gasteiger partial charge in [-0.15, -0.1) is 0 Å². The second-order valence-electron chi connectivity index (χ2n) is 5.07. The molecule has 3 rings (SSSR count). The molecule has 1 aromatic heterocycles. The van der Waals surface area contributed by atoms with Crippen LogP contribution in [0.3, 0.4) is 0 Å². The lowest BCUT2D eigenvalue weighted by Gasteiger charge is -2.21. The normalized spacial score (nSPS) is 13.4. The number of benzene rings is 1. The summed E-state index contributed by atoms with van der Waals surface area (Å²) in [6.45, 7) is 4.19. The monoisotopic (exact) mass is 322 g/mol. The molecule has 22 heavy (non-hydrogen) atoms. The van der Waals surface area contributed by atoms with Crippen LogP contribution in [0.5, 0.6) is 5.75 Å². The smallest absolute Gasteiger partial charge is 0.342 e. The molecule has 0 fully saturated rings. The molecule has 0 spiro atoms. The van der Waals surface area contributed by atoms with Crippen LogP contribution in [-0.4, -0.2) is 12.8 Å². The van der Waals surface area contributed by atoms with Crippen molar-refractivity contribution in [1.82, 2.24) is 0 Å². The number of carbonyl (C=O) groups excluding carboxylic acids is 1. The minimum atomic E-state index is -0.435. The molecular formula is C16H15ClO5. The Balaban J connectivity index is 1.78. The van der Waals surface area contributed by atoms with Gasteiger partial charge >= 0.3 is 5.97 Å². The van der Waals surface area contributed by atoms with E-state index in [1.807, 2.05) is 0 Å². The number of carbonyl (C=O) groups is 1. The van der Waals surface area contributed by atoms with E-state index in [2.05, 4.69) is 0 Å². The number of esters is 1. The first-order valence-electron chi connectivity index (χ1n) is 6.80. The molecule has 116 valence electrons. The number of hydrogen-bond donors (Lipinski definition) is 0. The number of hydrogen-bond acceptors (Lipinski definition) is 5. The molecule has 0 N–H and O–H groups in total. The summed E-state index contributed by atoms with van der Waals surface area (Å²) in [5.74, 6) is 1.45. The molecule has 2 heterocycles. The zero-order valence-corrected chi connectivity index (χ0v) is 13.0. The third kappa shape index (κ3) is 2.96. The summed E-state index contributed by atoms with van der Waals surface area (Å²) in [5.41, 5.74) is 2.00. The van der Waals surface area contributed by atoms with Gasteiger partial charge in [0.1, 0.15) is 29.4 Å². The van der Waals surface area contributed by atoms with Gasteiger partial charge in [0, 0.05) is 16.1 Å². The van der Waals surface area contributed by atoms with E-state index in [9.17, 15) is 4.79 Å². The Bertz CT molecular complexity index is 720. The van der Waals surface area contributed by atoms with Crippen molar-refractivity contribution in [2.24, 2.45) is 0 Å². The van der Waals surface area contributed by atoms with Crippen LogP contribution in [0.25, 0.3) is 0 Å². The van der Waals surface area contributed by atoms with Crippen LogP contribution in [0.1, 0.15) is 33.0 Å². The van der Waals surface area contributed by atoms with E-state index in [4.69, 9.17) is 30.2 Å². The van der Waals surface area contributed by atoms with Gasteiger partial charge in [-0.3, -0.25) is 0 Å². The number of aryl methyl sites for hydroxylation is 2. The fourth-order valence-corrected chi connectivity index (χ4v) is 2.68. The summed E-state index contributed by atoms with van der Waals surface area (Å²) >= 11 is 6.08. The molecule has 0 saturated carbocycles. The predicted molar refractivity (Wildman–Crippen MR) is 79.0 cm³/mol. The van der Waals surface area contributed by atoms with E-state index in [0.717, 1.165) is 11.1 Å². The highest BCUT2D eigenvalue weighted by Gasteiger charge is 2.19. The Morgan fingerprint density at radius 3 is 2.86 bits per heavy atom. The first kappa shape index (κ1) is 14.9. The third-order valence-corrected chi connectivity index (χ3v) is 3.59. The Labute approximate surface area is 132 Å². The van der Waals surface area contributed by atoms with Crippen LogP contribution in [-0.2, 0) is 22.7 Å². The van der Waals surface area contributed by atoms with Gasteiger partial charge in [0.15, 0.2) is 6.79 Å². The van der Waals surface area contributed by atoms with Gasteiger partial charge in [-0.1, -0.05) is 11.6 Å². The second kappa shape index (κ2) is 6.02. The maximum absolute atomic E-state index is 12.1. The van der Waals surface area contributed by atoms with E-state index in [-0.39, 0.29) is 13.4 Å². The molecule has 1 aromatic carbocycles. The average molecular weight is 323 g/mol. The lowest BCUT2D eigenvalue weighted by Crippen LogP contribution is -2.14. The van der Waals surface area contributed by atoms with Crippen molar-refractivity contribution in [2.45, 2.75) is 27.1 Å². The van der Waals surface area contributed by atoms with Crippen molar-refractivity contribution in [3.05, 3.63) is 51.4 Å². The molecule has 6 heteroatoms. The van der Waals surface area contributed by atoms with Gasteiger partial charge in [-0.25, -0.2) is 4.79 Å². The summed E-state index contributed by atoms with van der Waals surface area (Å²) < 4.78 is 21.4. The molecule has 2 aromatic rings. The fourth-order valence-electron chi connectivity index (χ4n) is 2.42. The lowest BCUT2D eigenvalue weighted by molar-refractivity contribution is -0.0180. The highest BCUT2D eigenvalue weighted by atomic mass is 35.5. The Morgan fingerprint density at radius 2 is 2.14 bits per heavy atom. The van der Waals surface area contributed by atoms with Crippen LogP contribution < -0.4 is 4.74 Å². The molecule has 0 bridgehead atoms. The molecule has 0 aliphatic carbocycles. The number of furan rings is 1. The molecule has 0 saturated heterocycles. The van der Waals surface area contributed by atoms with E-state index < -0.39 is 5.97 Å². The van der Waals surface area contributed by atoms with Gasteiger partial charge in [0.05, 0.1) is 6.61 Å². The molecule has 0 atom stereocenters. The van der Waals surface area contributed by atoms with Crippen molar-refractivity contribution in [3.63, 3.8) is 0 Å². The van der Waals surface area contributed by atoms with Crippen molar-refractivity contribution < 1.29 is 23.4 Å². The quantitative estimate of drug-likeness (QED) is 0.805. The maximum Gasteiger partial charge on any atom is 0.342 e. The predicted octanol–water partition coefficient (Wildman–Crippen LogP) is 3.77. The van der Waals surface area contributed by atoms with Gasteiger partial charge in [-0.05, 0) is 32.0 Å². The molecular weight excluding hydrogens is 308 g/mol. The number of fused-ring (bicyclic) bond motifs is 1. The summed E-state index contributed by atoms with van der Waals surface area (Å²) in [4.78, 5) is 12.1. The van der Waals surface area contributed by atoms with Gasteiger partial charge < -0.3 is 18.6 Å². The fraction of sp³-hybridized carbons (Fsp3) is 0.312. The third-order valence-electron chi connectivity index (χ3n) is 3.37. The van der Waals surface area contributed by atoms with Crippen LogP contribution in [0.15, 0.2) is 22.6 Å². The first-order valence-corrected chi connectivity index (χ1v) is 7.18. The average Bonchev–Trinajstić information content (AvgIpc) is 2.83. The minimum absolute atomic E-state index is 0.0748. The largest absolute Gasteiger partial charge is 0.467 e. The molecule has 1 aliphatic heterocycles. The van der Waals surface area contributed by atoms with E-state index in [0.29, 0.717) is 34.5 Å². The topological polar surface area (TPSA) is 57.9 Å². The standard InChI is InChI=1S/C16H15ClO5/c1-9-3-14(10(2)22-9)16(18)20-7-12-5-13(17)4-11-6-19-8-21-15(11)12/h3-5H,6-8H2,1-2H3. The SMILES string of the molecule is Cc1cc(C(=O)OCc2cc(Cl)cc3c2OCOC3)c(C)o1. The van der Waals surface area contributed by atoms with Crippen molar-refractivity contribution >= 4 is 17.6 Å². The van der Waals surface area contributed by atoms with Crippen LogP contribution in [0.2, 0.25) is 5.02 Å². The Morgan fingerprint density at radius 1 is 1.32 bits per heavy atom. The zero-order valence-electron chi connectivity index (χ0n) is 12.3. The molecule has 0 amide bonds. The number of halogens is 1. The van der Waals surface area contributed by atoms with E-state index in [1.165, 1.54) is 0 Å². The summed E-state index contributed by atoms with van der Waals surface area (Å²) in [6.07, 6.45) is 0. The van der Waals surface area contributed by atoms with Crippen molar-refractivity contribution in [2.75, 3.05) is 6.79 Å². The molecule has 1 aliphatic rings. The van der Waals surface area contributed by atoms with E-state index in [1.54, 1.807) is 32.0 Å². The second-order valence-corrected chi connectivity index (χ2v) is 5.50. The van der Waals surface area contributed by atoms with Crippen LogP contribution in [0, 0.1) is 13.8 Å². The maximum atomic E-state index is 12.1. The highest BCUT2D eigenvalue weighted by molar-refractivity contribution is 6.30. The molecule has 0 radical (unpaired) electrons. The van der Waals surface area contributed by atoms with Crippen molar-refractivity contribution in [1.29, 1.82) is 0 Å². The molecule has 5 nitrogen and oxygen atoms in total. The molecule has 0 unspecified atom stereocenters. The lowest BCUT2D eigenvalue weighted by atomic mass is 10.1. The minimum Gasteiger partial charge on any atom is -0.467 e. The Kier molecular flexibility index (Phi) is 4.09. The summed E-state index contributed by atoms with van der Waals surface area (Å²) in [5, 5.41) is 0.550. The van der Waals surface area contributed by atoms with Gasteiger partial charge in [-0.2, -0.15) is 0 Å². The van der Waals surface area contributed by atoms with Crippen LogP contribution >= 0.6 is 11.6 Å². The number of rotatable bonds is 3. The van der Waals surface area contributed by atoms with E-state index >= 15 is 0 Å². The summed E-state index contributed by atoms with van der Waals surface area (Å²) in [6, 6.07) is 5.17. The zero-order chi connectivity index (χ0) is 15.7. The first-order chi connectivity index (χ1) is 10.5. The summed E-state index contributed by atoms with van der Waals surface area (Å²) in [7, 11) is 0. The van der Waals surface area contributed by atoms with Gasteiger partial charge in [0.25, 0.3) is 0 Å². The number of ether oxygens (including phenoxy) is 3.